The molecule has 3 N–H and O–H groups in total. The lowest BCUT2D eigenvalue weighted by atomic mass is 10.1. The van der Waals surface area contributed by atoms with Gasteiger partial charge >= 0.3 is 0 Å². The summed E-state index contributed by atoms with van der Waals surface area (Å²) < 4.78 is 16.2. The van der Waals surface area contributed by atoms with E-state index < -0.39 is 0 Å². The number of hydrogen-bond acceptors (Lipinski definition) is 7. The Morgan fingerprint density at radius 3 is 2.08 bits per heavy atom. The van der Waals surface area contributed by atoms with E-state index in [1.165, 1.54) is 0 Å². The topological polar surface area (TPSA) is 102 Å². The first-order chi connectivity index (χ1) is 17.3. The SMILES string of the molecule is COc1cc(NC(=S)NC(=NCCc2ccc(Cl)cc2)Nc2nc(C)cc(C)n2)cc(OC)c1OC. The Bertz CT molecular complexity index is 1190. The minimum atomic E-state index is 0.298. The number of nitrogens with one attached hydrogen (secondary N) is 3. The highest BCUT2D eigenvalue weighted by Gasteiger charge is 2.14. The highest BCUT2D eigenvalue weighted by molar-refractivity contribution is 7.80. The van der Waals surface area contributed by atoms with Crippen LogP contribution in [0.25, 0.3) is 0 Å². The zero-order valence-electron chi connectivity index (χ0n) is 20.8. The lowest BCUT2D eigenvalue weighted by Crippen LogP contribution is -2.39. The molecule has 2 aromatic carbocycles. The maximum Gasteiger partial charge on any atom is 0.229 e. The van der Waals surface area contributed by atoms with Crippen LogP contribution in [0, 0.1) is 13.8 Å². The highest BCUT2D eigenvalue weighted by Crippen LogP contribution is 2.39. The first-order valence-electron chi connectivity index (χ1n) is 11.1. The minimum absolute atomic E-state index is 0.298. The van der Waals surface area contributed by atoms with Crippen molar-refractivity contribution in [3.8, 4) is 17.2 Å². The third kappa shape index (κ3) is 7.69. The van der Waals surface area contributed by atoms with Gasteiger partial charge in [0.2, 0.25) is 17.7 Å². The third-order valence-corrected chi connectivity index (χ3v) is 5.41. The number of methoxy groups -OCH3 is 3. The van der Waals surface area contributed by atoms with Crippen molar-refractivity contribution in [3.05, 3.63) is 64.4 Å². The number of benzene rings is 2. The lowest BCUT2D eigenvalue weighted by Gasteiger charge is -2.17. The third-order valence-electron chi connectivity index (χ3n) is 4.95. The van der Waals surface area contributed by atoms with E-state index in [0.717, 1.165) is 17.0 Å². The molecule has 0 atom stereocenters. The van der Waals surface area contributed by atoms with Crippen LogP contribution in [0.15, 0.2) is 47.5 Å². The minimum Gasteiger partial charge on any atom is -0.493 e. The van der Waals surface area contributed by atoms with Crippen LogP contribution in [-0.2, 0) is 6.42 Å². The first-order valence-corrected chi connectivity index (χ1v) is 11.9. The molecule has 0 fully saturated rings. The summed E-state index contributed by atoms with van der Waals surface area (Å²) in [5.74, 6) is 2.31. The van der Waals surface area contributed by atoms with Gasteiger partial charge in [-0.2, -0.15) is 0 Å². The second kappa shape index (κ2) is 12.9. The molecule has 0 radical (unpaired) electrons. The number of nitrogens with zero attached hydrogens (tertiary/aromatic N) is 3. The molecule has 0 amide bonds. The molecule has 0 aliphatic rings. The molecule has 0 unspecified atom stereocenters. The van der Waals surface area contributed by atoms with Gasteiger partial charge in [-0.3, -0.25) is 10.3 Å². The molecule has 0 aliphatic carbocycles. The van der Waals surface area contributed by atoms with Crippen LogP contribution in [0.5, 0.6) is 17.2 Å². The summed E-state index contributed by atoms with van der Waals surface area (Å²) >= 11 is 11.5. The quantitative estimate of drug-likeness (QED) is 0.217. The van der Waals surface area contributed by atoms with E-state index in [1.807, 2.05) is 44.2 Å². The van der Waals surface area contributed by atoms with E-state index >= 15 is 0 Å². The van der Waals surface area contributed by atoms with Gasteiger partial charge in [0.15, 0.2) is 16.6 Å². The predicted molar refractivity (Wildman–Crippen MR) is 148 cm³/mol. The smallest absolute Gasteiger partial charge is 0.229 e. The fourth-order valence-electron chi connectivity index (χ4n) is 3.37. The molecule has 0 bridgehead atoms. The predicted octanol–water partition coefficient (Wildman–Crippen LogP) is 4.77. The fourth-order valence-corrected chi connectivity index (χ4v) is 3.71. The number of aromatic nitrogens is 2. The van der Waals surface area contributed by atoms with Gasteiger partial charge in [-0.05, 0) is 56.2 Å². The Morgan fingerprint density at radius 2 is 1.53 bits per heavy atom. The Kier molecular flexibility index (Phi) is 9.66. The van der Waals surface area contributed by atoms with Crippen LogP contribution < -0.4 is 30.2 Å². The van der Waals surface area contributed by atoms with Crippen LogP contribution in [0.2, 0.25) is 5.02 Å². The van der Waals surface area contributed by atoms with Crippen molar-refractivity contribution < 1.29 is 14.2 Å². The van der Waals surface area contributed by atoms with E-state index in [2.05, 4.69) is 30.9 Å². The van der Waals surface area contributed by atoms with Crippen LogP contribution in [0.4, 0.5) is 11.6 Å². The second-order valence-corrected chi connectivity index (χ2v) is 8.54. The zero-order valence-corrected chi connectivity index (χ0v) is 22.4. The summed E-state index contributed by atoms with van der Waals surface area (Å²) in [5, 5.41) is 10.3. The number of rotatable bonds is 8. The average molecular weight is 529 g/mol. The van der Waals surface area contributed by atoms with Crippen molar-refractivity contribution in [2.75, 3.05) is 38.5 Å². The van der Waals surface area contributed by atoms with E-state index in [4.69, 9.17) is 38.0 Å². The molecule has 0 spiro atoms. The number of aliphatic imine (C=N–C) groups is 1. The van der Waals surface area contributed by atoms with Gasteiger partial charge in [-0.1, -0.05) is 23.7 Å². The van der Waals surface area contributed by atoms with Crippen molar-refractivity contribution in [2.24, 2.45) is 4.99 Å². The first kappa shape index (κ1) is 27.0. The molecule has 0 saturated heterocycles. The number of aryl methyl sites for hydroxylation is 2. The van der Waals surface area contributed by atoms with Gasteiger partial charge < -0.3 is 24.8 Å². The van der Waals surface area contributed by atoms with Gasteiger partial charge in [0.05, 0.1) is 21.3 Å². The standard InChI is InChI=1S/C25H29ClN6O3S/c1-15-12-16(2)29-24(28-15)31-23(27-11-10-17-6-8-18(26)9-7-17)32-25(36)30-19-13-20(33-3)22(35-5)21(14-19)34-4/h6-9,12-14H,10-11H2,1-5H3,(H3,27,28,29,30,31,32,36). The lowest BCUT2D eigenvalue weighted by molar-refractivity contribution is 0.324. The summed E-state index contributed by atoms with van der Waals surface area (Å²) in [6, 6.07) is 13.1. The molecule has 0 saturated carbocycles. The maximum atomic E-state index is 5.99. The Labute approximate surface area is 221 Å². The van der Waals surface area contributed by atoms with Crippen LogP contribution in [-0.4, -0.2) is 48.9 Å². The number of guanidine groups is 1. The summed E-state index contributed by atoms with van der Waals surface area (Å²) in [7, 11) is 4.65. The van der Waals surface area contributed by atoms with Gasteiger partial charge in [0.1, 0.15) is 0 Å². The summed E-state index contributed by atoms with van der Waals surface area (Å²) in [6.07, 6.45) is 0.713. The monoisotopic (exact) mass is 528 g/mol. The van der Waals surface area contributed by atoms with Crippen molar-refractivity contribution in [1.29, 1.82) is 0 Å². The van der Waals surface area contributed by atoms with Crippen LogP contribution in [0.1, 0.15) is 17.0 Å². The number of hydrogen-bond donors (Lipinski definition) is 3. The van der Waals surface area contributed by atoms with E-state index in [1.54, 1.807) is 33.5 Å². The number of thiocarbonyl (C=S) groups is 1. The molecule has 9 nitrogen and oxygen atoms in total. The average Bonchev–Trinajstić information content (AvgIpc) is 2.83. The van der Waals surface area contributed by atoms with Crippen molar-refractivity contribution >= 4 is 46.5 Å². The molecule has 0 aliphatic heterocycles. The molecule has 1 heterocycles. The van der Waals surface area contributed by atoms with Crippen LogP contribution >= 0.6 is 23.8 Å². The molecular formula is C25H29ClN6O3S. The number of anilines is 2. The molecule has 36 heavy (non-hydrogen) atoms. The van der Waals surface area contributed by atoms with Gasteiger partial charge in [-0.15, -0.1) is 0 Å². The number of ether oxygens (including phenoxy) is 3. The summed E-state index contributed by atoms with van der Waals surface area (Å²) in [6.45, 7) is 4.30. The van der Waals surface area contributed by atoms with E-state index in [-0.39, 0.29) is 0 Å². The highest BCUT2D eigenvalue weighted by atomic mass is 35.5. The second-order valence-electron chi connectivity index (χ2n) is 7.70. The van der Waals surface area contributed by atoms with Crippen molar-refractivity contribution in [3.63, 3.8) is 0 Å². The normalized spacial score (nSPS) is 11.0. The maximum absolute atomic E-state index is 5.99. The number of halogens is 1. The Morgan fingerprint density at radius 1 is 0.917 bits per heavy atom. The largest absolute Gasteiger partial charge is 0.493 e. The molecule has 190 valence electrons. The molecule has 11 heteroatoms. The van der Waals surface area contributed by atoms with Gasteiger partial charge in [0.25, 0.3) is 0 Å². The Hall–Kier alpha value is -3.63. The van der Waals surface area contributed by atoms with Crippen LogP contribution in [0.3, 0.4) is 0 Å². The fraction of sp³-hybridized carbons (Fsp3) is 0.280. The van der Waals surface area contributed by atoms with E-state index in [9.17, 15) is 0 Å². The molecular weight excluding hydrogens is 500 g/mol. The van der Waals surface area contributed by atoms with Crippen molar-refractivity contribution in [2.45, 2.75) is 20.3 Å². The summed E-state index contributed by atoms with van der Waals surface area (Å²) in [4.78, 5) is 13.5. The zero-order chi connectivity index (χ0) is 26.1. The molecule has 1 aromatic heterocycles. The van der Waals surface area contributed by atoms with Gasteiger partial charge in [-0.25, -0.2) is 9.97 Å². The summed E-state index contributed by atoms with van der Waals surface area (Å²) in [5.41, 5.74) is 3.43. The Balaban J connectivity index is 1.78. The van der Waals surface area contributed by atoms with Crippen molar-refractivity contribution in [1.82, 2.24) is 15.3 Å². The van der Waals surface area contributed by atoms with E-state index in [0.29, 0.717) is 57.9 Å². The molecule has 3 aromatic rings. The van der Waals surface area contributed by atoms with Gasteiger partial charge in [0, 0.05) is 40.8 Å². The molecule has 3 rings (SSSR count).